The topological polar surface area (TPSA) is 50.2 Å². The van der Waals surface area contributed by atoms with Crippen LogP contribution in [0.1, 0.15) is 55.7 Å². The molecule has 1 aromatic heterocycles. The van der Waals surface area contributed by atoms with Crippen molar-refractivity contribution in [2.75, 3.05) is 13.1 Å². The van der Waals surface area contributed by atoms with E-state index in [-0.39, 0.29) is 5.91 Å². The molecular formula is C16H28N4O. The molecule has 0 unspecified atom stereocenters. The Balaban J connectivity index is 1.85. The van der Waals surface area contributed by atoms with Gasteiger partial charge in [-0.3, -0.25) is 9.69 Å². The van der Waals surface area contributed by atoms with Crippen molar-refractivity contribution in [3.8, 4) is 0 Å². The van der Waals surface area contributed by atoms with E-state index in [1.165, 1.54) is 25.8 Å². The summed E-state index contributed by atoms with van der Waals surface area (Å²) in [4.78, 5) is 19.0. The molecule has 2 rings (SSSR count). The zero-order chi connectivity index (χ0) is 15.4. The fraction of sp³-hybridized carbons (Fsp3) is 0.750. The van der Waals surface area contributed by atoms with Gasteiger partial charge in [0.2, 0.25) is 0 Å². The van der Waals surface area contributed by atoms with Crippen LogP contribution >= 0.6 is 0 Å². The van der Waals surface area contributed by atoms with Crippen molar-refractivity contribution >= 4 is 5.91 Å². The highest BCUT2D eigenvalue weighted by Gasteiger charge is 2.24. The molecule has 1 saturated heterocycles. The van der Waals surface area contributed by atoms with E-state index in [1.807, 2.05) is 14.0 Å². The summed E-state index contributed by atoms with van der Waals surface area (Å²) >= 11 is 0. The molecule has 1 N–H and O–H groups in total. The molecule has 0 aromatic carbocycles. The van der Waals surface area contributed by atoms with Crippen molar-refractivity contribution < 1.29 is 4.79 Å². The van der Waals surface area contributed by atoms with Gasteiger partial charge in [0.1, 0.15) is 5.69 Å². The number of carbonyl (C=O) groups is 1. The summed E-state index contributed by atoms with van der Waals surface area (Å²) in [6.07, 6.45) is 6.57. The number of amides is 1. The number of piperidine rings is 1. The Hall–Kier alpha value is -1.36. The first-order valence-electron chi connectivity index (χ1n) is 8.02. The van der Waals surface area contributed by atoms with Crippen molar-refractivity contribution in [1.82, 2.24) is 19.8 Å². The van der Waals surface area contributed by atoms with Crippen LogP contribution in [0.15, 0.2) is 6.33 Å². The maximum atomic E-state index is 12.2. The zero-order valence-corrected chi connectivity index (χ0v) is 13.7. The number of nitrogens with one attached hydrogen (secondary N) is 1. The molecule has 1 atom stereocenters. The predicted octanol–water partition coefficient (Wildman–Crippen LogP) is 2.11. The van der Waals surface area contributed by atoms with Gasteiger partial charge in [0, 0.05) is 25.7 Å². The average Bonchev–Trinajstić information content (AvgIpc) is 2.78. The van der Waals surface area contributed by atoms with Crippen LogP contribution in [0.4, 0.5) is 0 Å². The van der Waals surface area contributed by atoms with Gasteiger partial charge >= 0.3 is 0 Å². The molecule has 2 heterocycles. The third kappa shape index (κ3) is 3.84. The van der Waals surface area contributed by atoms with E-state index in [1.54, 1.807) is 10.9 Å². The van der Waals surface area contributed by atoms with Gasteiger partial charge in [-0.15, -0.1) is 0 Å². The molecule has 1 aromatic rings. The lowest BCUT2D eigenvalue weighted by Gasteiger charge is -2.38. The lowest BCUT2D eigenvalue weighted by molar-refractivity contribution is 0.0906. The van der Waals surface area contributed by atoms with Crippen LogP contribution < -0.4 is 5.32 Å². The summed E-state index contributed by atoms with van der Waals surface area (Å²) in [5, 5.41) is 3.05. The van der Waals surface area contributed by atoms with Gasteiger partial charge in [-0.25, -0.2) is 4.98 Å². The standard InChI is InChI=1S/C16H28N4O/c1-12(2)20-10-6-5-7-14(20)8-9-17-16(21)15-13(3)18-11-19(15)4/h11-12,14H,5-10H2,1-4H3,(H,17,21)/t14-/m1/s1. The van der Waals surface area contributed by atoms with Gasteiger partial charge in [0.15, 0.2) is 0 Å². The smallest absolute Gasteiger partial charge is 0.269 e. The molecule has 1 amide bonds. The highest BCUT2D eigenvalue weighted by Crippen LogP contribution is 2.21. The van der Waals surface area contributed by atoms with Crippen LogP contribution in [0, 0.1) is 6.92 Å². The van der Waals surface area contributed by atoms with E-state index >= 15 is 0 Å². The van der Waals surface area contributed by atoms with E-state index < -0.39 is 0 Å². The number of aryl methyl sites for hydroxylation is 2. The molecule has 0 saturated carbocycles. The molecule has 0 aliphatic carbocycles. The van der Waals surface area contributed by atoms with Crippen molar-refractivity contribution in [3.05, 3.63) is 17.7 Å². The van der Waals surface area contributed by atoms with E-state index in [0.29, 0.717) is 17.8 Å². The summed E-state index contributed by atoms with van der Waals surface area (Å²) < 4.78 is 1.78. The summed E-state index contributed by atoms with van der Waals surface area (Å²) in [5.41, 5.74) is 1.45. The van der Waals surface area contributed by atoms with Crippen LogP contribution in [-0.4, -0.2) is 45.5 Å². The fourth-order valence-corrected chi connectivity index (χ4v) is 3.32. The first kappa shape index (κ1) is 16.0. The normalized spacial score (nSPS) is 20.0. The van der Waals surface area contributed by atoms with Crippen LogP contribution in [0.25, 0.3) is 0 Å². The second-order valence-corrected chi connectivity index (χ2v) is 6.32. The largest absolute Gasteiger partial charge is 0.351 e. The van der Waals surface area contributed by atoms with Gasteiger partial charge in [0.25, 0.3) is 5.91 Å². The van der Waals surface area contributed by atoms with Crippen LogP contribution in [0.3, 0.4) is 0 Å². The predicted molar refractivity (Wildman–Crippen MR) is 84.4 cm³/mol. The maximum Gasteiger partial charge on any atom is 0.269 e. The van der Waals surface area contributed by atoms with E-state index in [9.17, 15) is 4.79 Å². The molecule has 0 radical (unpaired) electrons. The number of likely N-dealkylation sites (tertiary alicyclic amines) is 1. The molecule has 5 heteroatoms. The van der Waals surface area contributed by atoms with Gasteiger partial charge in [-0.1, -0.05) is 6.42 Å². The molecule has 0 bridgehead atoms. The fourth-order valence-electron chi connectivity index (χ4n) is 3.32. The maximum absolute atomic E-state index is 12.2. The summed E-state index contributed by atoms with van der Waals surface area (Å²) in [6.45, 7) is 8.32. The molecule has 118 valence electrons. The van der Waals surface area contributed by atoms with E-state index in [0.717, 1.165) is 18.7 Å². The van der Waals surface area contributed by atoms with Crippen LogP contribution in [0.5, 0.6) is 0 Å². The number of imidazole rings is 1. The summed E-state index contributed by atoms with van der Waals surface area (Å²) in [6, 6.07) is 1.19. The number of hydrogen-bond donors (Lipinski definition) is 1. The lowest BCUT2D eigenvalue weighted by Crippen LogP contribution is -2.45. The third-order valence-electron chi connectivity index (χ3n) is 4.43. The SMILES string of the molecule is Cc1ncn(C)c1C(=O)NCC[C@H]1CCCCN1C(C)C. The van der Waals surface area contributed by atoms with Gasteiger partial charge < -0.3 is 9.88 Å². The Kier molecular flexibility index (Phi) is 5.39. The number of hydrogen-bond acceptors (Lipinski definition) is 3. The highest BCUT2D eigenvalue weighted by molar-refractivity contribution is 5.93. The minimum absolute atomic E-state index is 0.0144. The molecule has 0 spiro atoms. The summed E-state index contributed by atoms with van der Waals surface area (Å²) in [7, 11) is 1.86. The van der Waals surface area contributed by atoms with Gasteiger partial charge in [0.05, 0.1) is 12.0 Å². The van der Waals surface area contributed by atoms with Crippen molar-refractivity contribution in [3.63, 3.8) is 0 Å². The van der Waals surface area contributed by atoms with E-state index in [2.05, 4.69) is 29.0 Å². The van der Waals surface area contributed by atoms with Crippen molar-refractivity contribution in [1.29, 1.82) is 0 Å². The first-order valence-corrected chi connectivity index (χ1v) is 8.02. The quantitative estimate of drug-likeness (QED) is 0.904. The number of carbonyl (C=O) groups excluding carboxylic acids is 1. The second kappa shape index (κ2) is 7.07. The van der Waals surface area contributed by atoms with Gasteiger partial charge in [-0.05, 0) is 46.6 Å². The Morgan fingerprint density at radius 3 is 2.86 bits per heavy atom. The monoisotopic (exact) mass is 292 g/mol. The Bertz CT molecular complexity index is 461. The molecule has 5 nitrogen and oxygen atoms in total. The number of aromatic nitrogens is 2. The average molecular weight is 292 g/mol. The molecule has 21 heavy (non-hydrogen) atoms. The number of rotatable bonds is 5. The number of nitrogens with zero attached hydrogens (tertiary/aromatic N) is 3. The van der Waals surface area contributed by atoms with Crippen molar-refractivity contribution in [2.45, 2.75) is 58.5 Å². The minimum atomic E-state index is -0.0144. The van der Waals surface area contributed by atoms with Crippen LogP contribution in [0.2, 0.25) is 0 Å². The Morgan fingerprint density at radius 2 is 2.24 bits per heavy atom. The first-order chi connectivity index (χ1) is 10.0. The second-order valence-electron chi connectivity index (χ2n) is 6.32. The summed E-state index contributed by atoms with van der Waals surface area (Å²) in [5.74, 6) is -0.0144. The highest BCUT2D eigenvalue weighted by atomic mass is 16.1. The third-order valence-corrected chi connectivity index (χ3v) is 4.43. The van der Waals surface area contributed by atoms with Crippen molar-refractivity contribution in [2.24, 2.45) is 7.05 Å². The van der Waals surface area contributed by atoms with Gasteiger partial charge in [-0.2, -0.15) is 0 Å². The minimum Gasteiger partial charge on any atom is -0.351 e. The molecule has 1 aliphatic rings. The lowest BCUT2D eigenvalue weighted by atomic mass is 9.98. The Labute approximate surface area is 127 Å². The molecule has 1 aliphatic heterocycles. The Morgan fingerprint density at radius 1 is 1.48 bits per heavy atom. The van der Waals surface area contributed by atoms with Crippen LogP contribution in [-0.2, 0) is 7.05 Å². The molecule has 1 fully saturated rings. The molecular weight excluding hydrogens is 264 g/mol. The zero-order valence-electron chi connectivity index (χ0n) is 13.7. The van der Waals surface area contributed by atoms with E-state index in [4.69, 9.17) is 0 Å².